The highest BCUT2D eigenvalue weighted by atomic mass is 16.5. The molecule has 1 saturated heterocycles. The zero-order valence-corrected chi connectivity index (χ0v) is 16.8. The molecule has 0 bridgehead atoms. The fraction of sp³-hybridized carbons (Fsp3) is 0.611. The normalized spacial score (nSPS) is 18.6. The van der Waals surface area contributed by atoms with E-state index in [-0.39, 0.29) is 41.2 Å². The van der Waals surface area contributed by atoms with E-state index < -0.39 is 5.91 Å². The van der Waals surface area contributed by atoms with E-state index in [1.807, 2.05) is 0 Å². The van der Waals surface area contributed by atoms with Gasteiger partial charge in [-0.1, -0.05) is 10.3 Å². The second kappa shape index (κ2) is 7.34. The monoisotopic (exact) mass is 390 g/mol. The first-order valence-corrected chi connectivity index (χ1v) is 9.17. The summed E-state index contributed by atoms with van der Waals surface area (Å²) in [5.74, 6) is 0.0222. The minimum atomic E-state index is -0.440. The third-order valence-corrected chi connectivity index (χ3v) is 4.40. The number of carbonyl (C=O) groups excluding carboxylic acids is 2. The van der Waals surface area contributed by atoms with Gasteiger partial charge < -0.3 is 25.0 Å². The molecule has 0 radical (unpaired) electrons. The van der Waals surface area contributed by atoms with Crippen LogP contribution < -0.4 is 16.0 Å². The second-order valence-corrected chi connectivity index (χ2v) is 8.53. The molecule has 0 aliphatic carbocycles. The van der Waals surface area contributed by atoms with Crippen LogP contribution in [0.3, 0.4) is 0 Å². The van der Waals surface area contributed by atoms with Crippen LogP contribution >= 0.6 is 0 Å². The average molecular weight is 390 g/mol. The summed E-state index contributed by atoms with van der Waals surface area (Å²) in [7, 11) is 0. The molecule has 1 fully saturated rings. The highest BCUT2D eigenvalue weighted by Crippen LogP contribution is 2.28. The molecule has 3 rings (SSSR count). The highest BCUT2D eigenvalue weighted by molar-refractivity contribution is 5.91. The zero-order chi connectivity index (χ0) is 20.5. The van der Waals surface area contributed by atoms with Crippen molar-refractivity contribution >= 4 is 17.6 Å². The lowest BCUT2D eigenvalue weighted by Gasteiger charge is -2.46. The Balaban J connectivity index is 1.57. The van der Waals surface area contributed by atoms with E-state index in [0.29, 0.717) is 11.6 Å². The summed E-state index contributed by atoms with van der Waals surface area (Å²) in [4.78, 5) is 28.5. The van der Waals surface area contributed by atoms with Crippen LogP contribution in [0.15, 0.2) is 15.1 Å². The van der Waals surface area contributed by atoms with Gasteiger partial charge in [-0.05, 0) is 47.5 Å². The van der Waals surface area contributed by atoms with Crippen molar-refractivity contribution in [2.45, 2.75) is 71.0 Å². The number of amides is 2. The van der Waals surface area contributed by atoms with Gasteiger partial charge in [0.25, 0.3) is 0 Å². The molecule has 2 aromatic rings. The summed E-state index contributed by atoms with van der Waals surface area (Å²) in [5.41, 5.74) is -0.200. The van der Waals surface area contributed by atoms with Gasteiger partial charge in [0.1, 0.15) is 5.76 Å². The number of rotatable bonds is 5. The number of hydrogen-bond acceptors (Lipinski definition) is 8. The van der Waals surface area contributed by atoms with Crippen LogP contribution in [0.25, 0.3) is 0 Å². The van der Waals surface area contributed by atoms with Crippen LogP contribution in [0.4, 0.5) is 5.82 Å². The van der Waals surface area contributed by atoms with Gasteiger partial charge in [-0.3, -0.25) is 9.59 Å². The fourth-order valence-corrected chi connectivity index (χ4v) is 3.85. The minimum Gasteiger partial charge on any atom is -0.360 e. The van der Waals surface area contributed by atoms with E-state index in [1.165, 1.54) is 0 Å². The summed E-state index contributed by atoms with van der Waals surface area (Å²) in [6.07, 6.45) is 1.42. The summed E-state index contributed by atoms with van der Waals surface area (Å²) in [5, 5.41) is 16.5. The molecule has 152 valence electrons. The minimum absolute atomic E-state index is 0.0206. The summed E-state index contributed by atoms with van der Waals surface area (Å²) < 4.78 is 9.90. The van der Waals surface area contributed by atoms with Gasteiger partial charge in [0.05, 0.1) is 6.42 Å². The number of anilines is 1. The molecular weight excluding hydrogens is 364 g/mol. The molecule has 10 nitrogen and oxygen atoms in total. The molecule has 0 atom stereocenters. The Bertz CT molecular complexity index is 853. The number of nitrogens with zero attached hydrogens (tertiary/aromatic N) is 3. The Kier molecular flexibility index (Phi) is 5.24. The van der Waals surface area contributed by atoms with Gasteiger partial charge >= 0.3 is 11.8 Å². The molecule has 2 amide bonds. The maximum atomic E-state index is 12.5. The van der Waals surface area contributed by atoms with Crippen LogP contribution in [0, 0.1) is 6.92 Å². The molecule has 0 aromatic carbocycles. The first-order chi connectivity index (χ1) is 13.0. The Morgan fingerprint density at radius 1 is 1.18 bits per heavy atom. The topological polar surface area (TPSA) is 135 Å². The van der Waals surface area contributed by atoms with E-state index >= 15 is 0 Å². The van der Waals surface area contributed by atoms with Gasteiger partial charge in [0.15, 0.2) is 11.6 Å². The van der Waals surface area contributed by atoms with E-state index in [9.17, 15) is 9.59 Å². The van der Waals surface area contributed by atoms with Gasteiger partial charge in [0, 0.05) is 23.2 Å². The molecule has 0 unspecified atom stereocenters. The lowest BCUT2D eigenvalue weighted by molar-refractivity contribution is -0.115. The van der Waals surface area contributed by atoms with Crippen molar-refractivity contribution in [3.05, 3.63) is 23.5 Å². The standard InChI is InChI=1S/C18H26N6O4/c1-10-6-12(22-27-10)20-14(25)7-13-21-16(28-23-13)15(26)19-11-8-17(2,3)24-18(4,5)9-11/h6,11,24H,7-9H2,1-5H3,(H,19,26)(H,20,22,25). The van der Waals surface area contributed by atoms with Crippen molar-refractivity contribution in [3.63, 3.8) is 0 Å². The van der Waals surface area contributed by atoms with Gasteiger partial charge in [-0.25, -0.2) is 0 Å². The smallest absolute Gasteiger partial charge is 0.315 e. The molecule has 1 aliphatic rings. The Morgan fingerprint density at radius 3 is 2.46 bits per heavy atom. The largest absolute Gasteiger partial charge is 0.360 e. The highest BCUT2D eigenvalue weighted by Gasteiger charge is 2.38. The Hall–Kier alpha value is -2.75. The van der Waals surface area contributed by atoms with Crippen molar-refractivity contribution in [1.29, 1.82) is 0 Å². The molecule has 0 spiro atoms. The molecule has 3 N–H and O–H groups in total. The summed E-state index contributed by atoms with van der Waals surface area (Å²) in [6.45, 7) is 10.1. The van der Waals surface area contributed by atoms with E-state index in [4.69, 9.17) is 9.05 Å². The second-order valence-electron chi connectivity index (χ2n) is 8.53. The summed E-state index contributed by atoms with van der Waals surface area (Å²) in [6, 6.07) is 1.57. The van der Waals surface area contributed by atoms with E-state index in [2.05, 4.69) is 58.9 Å². The van der Waals surface area contributed by atoms with Gasteiger partial charge in [0.2, 0.25) is 5.91 Å². The molecule has 1 aliphatic heterocycles. The lowest BCUT2D eigenvalue weighted by atomic mass is 9.79. The third-order valence-electron chi connectivity index (χ3n) is 4.40. The number of aromatic nitrogens is 3. The third kappa shape index (κ3) is 5.16. The van der Waals surface area contributed by atoms with Crippen molar-refractivity contribution < 1.29 is 18.6 Å². The molecule has 10 heteroatoms. The lowest BCUT2D eigenvalue weighted by Crippen LogP contribution is -2.62. The fourth-order valence-electron chi connectivity index (χ4n) is 3.85. The Labute approximate surface area is 162 Å². The maximum Gasteiger partial charge on any atom is 0.315 e. The summed E-state index contributed by atoms with van der Waals surface area (Å²) >= 11 is 0. The van der Waals surface area contributed by atoms with Crippen LogP contribution in [-0.2, 0) is 11.2 Å². The van der Waals surface area contributed by atoms with Crippen molar-refractivity contribution in [2.75, 3.05) is 5.32 Å². The molecule has 0 saturated carbocycles. The number of carbonyl (C=O) groups is 2. The number of nitrogens with one attached hydrogen (secondary N) is 3. The van der Waals surface area contributed by atoms with Crippen molar-refractivity contribution in [1.82, 2.24) is 25.9 Å². The SMILES string of the molecule is Cc1cc(NC(=O)Cc2noc(C(=O)NC3CC(C)(C)NC(C)(C)C3)n2)no1. The predicted octanol–water partition coefficient (Wildman–Crippen LogP) is 1.59. The molecule has 3 heterocycles. The van der Waals surface area contributed by atoms with Crippen LogP contribution in [0.5, 0.6) is 0 Å². The number of aryl methyl sites for hydroxylation is 1. The first kappa shape index (κ1) is 20.0. The van der Waals surface area contributed by atoms with E-state index in [0.717, 1.165) is 12.8 Å². The zero-order valence-electron chi connectivity index (χ0n) is 16.8. The van der Waals surface area contributed by atoms with Crippen LogP contribution in [-0.4, -0.2) is 44.2 Å². The molecular formula is C18H26N6O4. The molecule has 28 heavy (non-hydrogen) atoms. The quantitative estimate of drug-likeness (QED) is 0.700. The number of piperidine rings is 1. The van der Waals surface area contributed by atoms with Gasteiger partial charge in [-0.15, -0.1) is 0 Å². The predicted molar refractivity (Wildman–Crippen MR) is 99.7 cm³/mol. The van der Waals surface area contributed by atoms with E-state index in [1.54, 1.807) is 13.0 Å². The maximum absolute atomic E-state index is 12.5. The Morgan fingerprint density at radius 2 is 1.86 bits per heavy atom. The van der Waals surface area contributed by atoms with Crippen LogP contribution in [0.1, 0.15) is 62.8 Å². The number of hydrogen-bond donors (Lipinski definition) is 3. The molecule has 2 aromatic heterocycles. The van der Waals surface area contributed by atoms with Crippen LogP contribution in [0.2, 0.25) is 0 Å². The van der Waals surface area contributed by atoms with Crippen molar-refractivity contribution in [3.8, 4) is 0 Å². The average Bonchev–Trinajstić information content (AvgIpc) is 3.13. The first-order valence-electron chi connectivity index (χ1n) is 9.17. The van der Waals surface area contributed by atoms with Crippen molar-refractivity contribution in [2.24, 2.45) is 0 Å². The van der Waals surface area contributed by atoms with Gasteiger partial charge in [-0.2, -0.15) is 4.98 Å².